The molecule has 4 aromatic rings. The molecule has 4 nitrogen and oxygen atoms in total. The maximum Gasteiger partial charge on any atom is 0.344 e. The van der Waals surface area contributed by atoms with Gasteiger partial charge in [-0.25, -0.2) is 4.79 Å². The maximum absolute atomic E-state index is 12.4. The molecule has 0 spiro atoms. The average molecular weight is 420 g/mol. The van der Waals surface area contributed by atoms with E-state index in [0.717, 1.165) is 9.86 Å². The van der Waals surface area contributed by atoms with E-state index in [-0.39, 0.29) is 5.91 Å². The Morgan fingerprint density at radius 3 is 2.56 bits per heavy atom. The molecule has 3 aromatic carbocycles. The lowest BCUT2D eigenvalue weighted by Crippen LogP contribution is -2.12. The summed E-state index contributed by atoms with van der Waals surface area (Å²) >= 11 is 3.36. The van der Waals surface area contributed by atoms with Gasteiger partial charge in [-0.15, -0.1) is 0 Å². The monoisotopic (exact) mass is 419 g/mol. The van der Waals surface area contributed by atoms with Crippen LogP contribution >= 0.6 is 15.9 Å². The Hall–Kier alpha value is -3.18. The van der Waals surface area contributed by atoms with Gasteiger partial charge < -0.3 is 9.73 Å². The van der Waals surface area contributed by atoms with E-state index in [1.165, 1.54) is 0 Å². The minimum absolute atomic E-state index is 0.223. The summed E-state index contributed by atoms with van der Waals surface area (Å²) in [7, 11) is 0. The van der Waals surface area contributed by atoms with E-state index in [1.807, 2.05) is 30.3 Å². The summed E-state index contributed by atoms with van der Waals surface area (Å²) in [6.07, 6.45) is 0. The first-order valence-corrected chi connectivity index (χ1v) is 9.10. The second-order valence-electron chi connectivity index (χ2n) is 6.03. The van der Waals surface area contributed by atoms with Crippen LogP contribution in [0.5, 0.6) is 0 Å². The number of benzene rings is 3. The Bertz CT molecular complexity index is 1210. The average Bonchev–Trinajstić information content (AvgIpc) is 2.67. The van der Waals surface area contributed by atoms with Crippen molar-refractivity contribution >= 4 is 38.5 Å². The first-order valence-electron chi connectivity index (χ1n) is 8.30. The van der Waals surface area contributed by atoms with Gasteiger partial charge in [0.25, 0.3) is 5.91 Å². The van der Waals surface area contributed by atoms with Crippen LogP contribution in [0.3, 0.4) is 0 Å². The number of anilines is 1. The fourth-order valence-electron chi connectivity index (χ4n) is 2.86. The van der Waals surface area contributed by atoms with E-state index in [2.05, 4.69) is 21.2 Å². The van der Waals surface area contributed by atoms with E-state index in [1.54, 1.807) is 48.5 Å². The second-order valence-corrected chi connectivity index (χ2v) is 6.95. The van der Waals surface area contributed by atoms with Crippen molar-refractivity contribution in [3.05, 3.63) is 99.3 Å². The Labute approximate surface area is 163 Å². The van der Waals surface area contributed by atoms with Gasteiger partial charge in [0.2, 0.25) is 0 Å². The van der Waals surface area contributed by atoms with Crippen LogP contribution in [-0.2, 0) is 0 Å². The van der Waals surface area contributed by atoms with Crippen LogP contribution < -0.4 is 10.9 Å². The molecule has 0 aliphatic rings. The number of rotatable bonds is 3. The lowest BCUT2D eigenvalue weighted by molar-refractivity contribution is 0.102. The molecule has 1 amide bonds. The highest BCUT2D eigenvalue weighted by Gasteiger charge is 2.10. The van der Waals surface area contributed by atoms with E-state index in [9.17, 15) is 9.59 Å². The van der Waals surface area contributed by atoms with Crippen molar-refractivity contribution in [1.82, 2.24) is 0 Å². The van der Waals surface area contributed by atoms with Crippen molar-refractivity contribution in [1.29, 1.82) is 0 Å². The summed E-state index contributed by atoms with van der Waals surface area (Å²) in [6.45, 7) is 0. The summed E-state index contributed by atoms with van der Waals surface area (Å²) in [6, 6.07) is 23.5. The number of carbonyl (C=O) groups is 1. The van der Waals surface area contributed by atoms with Crippen LogP contribution in [0, 0.1) is 0 Å². The molecule has 5 heteroatoms. The number of nitrogens with one attached hydrogen (secondary N) is 1. The Kier molecular flexibility index (Phi) is 4.60. The first kappa shape index (κ1) is 17.2. The van der Waals surface area contributed by atoms with Crippen LogP contribution in [-0.4, -0.2) is 5.91 Å². The van der Waals surface area contributed by atoms with Gasteiger partial charge in [-0.05, 0) is 48.0 Å². The molecule has 132 valence electrons. The molecule has 0 saturated carbocycles. The standard InChI is InChI=1S/C22H14BrNO3/c23-17-8-3-7-16(11-17)21(25)24-18-9-4-6-14(12-18)19-13-15-5-1-2-10-20(15)27-22(19)26/h1-13H,(H,24,25). The van der Waals surface area contributed by atoms with Crippen LogP contribution in [0.1, 0.15) is 10.4 Å². The van der Waals surface area contributed by atoms with Crippen molar-refractivity contribution in [2.75, 3.05) is 5.32 Å². The van der Waals surface area contributed by atoms with Crippen molar-refractivity contribution in [2.45, 2.75) is 0 Å². The SMILES string of the molecule is O=C(Nc1cccc(-c2cc3ccccc3oc2=O)c1)c1cccc(Br)c1. The minimum Gasteiger partial charge on any atom is -0.422 e. The smallest absolute Gasteiger partial charge is 0.344 e. The highest BCUT2D eigenvalue weighted by molar-refractivity contribution is 9.10. The van der Waals surface area contributed by atoms with Crippen molar-refractivity contribution in [3.8, 4) is 11.1 Å². The Morgan fingerprint density at radius 1 is 0.889 bits per heavy atom. The zero-order valence-corrected chi connectivity index (χ0v) is 15.7. The number of halogens is 1. The Balaban J connectivity index is 1.68. The normalized spacial score (nSPS) is 10.7. The molecule has 4 rings (SSSR count). The number of para-hydroxylation sites is 1. The van der Waals surface area contributed by atoms with Crippen molar-refractivity contribution in [2.24, 2.45) is 0 Å². The Morgan fingerprint density at radius 2 is 1.70 bits per heavy atom. The molecule has 0 unspecified atom stereocenters. The molecule has 1 N–H and O–H groups in total. The van der Waals surface area contributed by atoms with E-state index in [4.69, 9.17) is 4.42 Å². The molecule has 0 fully saturated rings. The van der Waals surface area contributed by atoms with Gasteiger partial charge in [-0.1, -0.05) is 52.3 Å². The summed E-state index contributed by atoms with van der Waals surface area (Å²) in [5.41, 5.74) is 2.41. The molecule has 0 saturated heterocycles. The quantitative estimate of drug-likeness (QED) is 0.447. The zero-order chi connectivity index (χ0) is 18.8. The van der Waals surface area contributed by atoms with Gasteiger partial charge in [0, 0.05) is 21.1 Å². The third-order valence-electron chi connectivity index (χ3n) is 4.16. The predicted molar refractivity (Wildman–Crippen MR) is 110 cm³/mol. The van der Waals surface area contributed by atoms with Gasteiger partial charge in [0.1, 0.15) is 5.58 Å². The number of hydrogen-bond donors (Lipinski definition) is 1. The van der Waals surface area contributed by atoms with E-state index in [0.29, 0.717) is 28.0 Å². The molecule has 1 aromatic heterocycles. The molecule has 0 aliphatic carbocycles. The topological polar surface area (TPSA) is 59.3 Å². The van der Waals surface area contributed by atoms with Gasteiger partial charge >= 0.3 is 5.63 Å². The number of hydrogen-bond acceptors (Lipinski definition) is 3. The molecule has 0 radical (unpaired) electrons. The van der Waals surface area contributed by atoms with Crippen LogP contribution in [0.4, 0.5) is 5.69 Å². The molecular formula is C22H14BrNO3. The van der Waals surface area contributed by atoms with Gasteiger partial charge in [-0.2, -0.15) is 0 Å². The lowest BCUT2D eigenvalue weighted by atomic mass is 10.1. The highest BCUT2D eigenvalue weighted by atomic mass is 79.9. The summed E-state index contributed by atoms with van der Waals surface area (Å²) in [4.78, 5) is 24.8. The second kappa shape index (κ2) is 7.21. The summed E-state index contributed by atoms with van der Waals surface area (Å²) < 4.78 is 6.23. The number of fused-ring (bicyclic) bond motifs is 1. The van der Waals surface area contributed by atoms with E-state index >= 15 is 0 Å². The highest BCUT2D eigenvalue weighted by Crippen LogP contribution is 2.24. The van der Waals surface area contributed by atoms with Crippen molar-refractivity contribution < 1.29 is 9.21 Å². The third kappa shape index (κ3) is 3.68. The molecule has 0 aliphatic heterocycles. The zero-order valence-electron chi connectivity index (χ0n) is 14.1. The summed E-state index contributed by atoms with van der Waals surface area (Å²) in [5, 5.41) is 3.70. The van der Waals surface area contributed by atoms with Crippen LogP contribution in [0.15, 0.2) is 92.5 Å². The first-order chi connectivity index (χ1) is 13.1. The molecular weight excluding hydrogens is 406 g/mol. The minimum atomic E-state index is -0.413. The fourth-order valence-corrected chi connectivity index (χ4v) is 3.26. The van der Waals surface area contributed by atoms with Gasteiger partial charge in [-0.3, -0.25) is 4.79 Å². The molecule has 27 heavy (non-hydrogen) atoms. The van der Waals surface area contributed by atoms with Crippen LogP contribution in [0.25, 0.3) is 22.1 Å². The predicted octanol–water partition coefficient (Wildman–Crippen LogP) is 5.47. The third-order valence-corrected chi connectivity index (χ3v) is 4.65. The molecule has 0 bridgehead atoms. The van der Waals surface area contributed by atoms with Crippen molar-refractivity contribution in [3.63, 3.8) is 0 Å². The van der Waals surface area contributed by atoms with Gasteiger partial charge in [0.05, 0.1) is 5.56 Å². The maximum atomic E-state index is 12.4. The van der Waals surface area contributed by atoms with Crippen LogP contribution in [0.2, 0.25) is 0 Å². The lowest BCUT2D eigenvalue weighted by Gasteiger charge is -2.08. The molecule has 1 heterocycles. The number of amides is 1. The fraction of sp³-hybridized carbons (Fsp3) is 0. The number of carbonyl (C=O) groups excluding carboxylic acids is 1. The van der Waals surface area contributed by atoms with E-state index < -0.39 is 5.63 Å². The van der Waals surface area contributed by atoms with Gasteiger partial charge in [0.15, 0.2) is 0 Å². The summed E-state index contributed by atoms with van der Waals surface area (Å²) in [5.74, 6) is -0.223. The molecule has 0 atom stereocenters. The largest absolute Gasteiger partial charge is 0.422 e.